The topological polar surface area (TPSA) is 55.1 Å². The van der Waals surface area contributed by atoms with Crippen LogP contribution in [-0.4, -0.2) is 11.9 Å². The average Bonchev–Trinajstić information content (AvgIpc) is 2.23. The first-order valence-corrected chi connectivity index (χ1v) is 5.31. The van der Waals surface area contributed by atoms with Gasteiger partial charge >= 0.3 is 0 Å². The molecule has 0 bridgehead atoms. The van der Waals surface area contributed by atoms with Crippen LogP contribution in [-0.2, 0) is 4.79 Å². The van der Waals surface area contributed by atoms with Gasteiger partial charge in [0.2, 0.25) is 5.91 Å². The molecule has 16 heavy (non-hydrogen) atoms. The number of anilines is 1. The largest absolute Gasteiger partial charge is 0.327 e. The van der Waals surface area contributed by atoms with E-state index < -0.39 is 11.7 Å². The highest BCUT2D eigenvalue weighted by Crippen LogP contribution is 2.22. The summed E-state index contributed by atoms with van der Waals surface area (Å²) < 4.78 is 13.4. The van der Waals surface area contributed by atoms with Gasteiger partial charge in [-0.3, -0.25) is 4.79 Å². The molecule has 1 amide bonds. The molecule has 1 aromatic rings. The Kier molecular flexibility index (Phi) is 4.26. The number of nitrogens with two attached hydrogens (primary N) is 1. The number of hydrogen-bond donors (Lipinski definition) is 2. The lowest BCUT2D eigenvalue weighted by molar-refractivity contribution is -0.119. The third-order valence-electron chi connectivity index (χ3n) is 2.41. The number of halogens is 2. The van der Waals surface area contributed by atoms with Gasteiger partial charge in [-0.05, 0) is 19.1 Å². The maximum absolute atomic E-state index is 13.4. The molecule has 5 heteroatoms. The van der Waals surface area contributed by atoms with Crippen LogP contribution < -0.4 is 11.1 Å². The van der Waals surface area contributed by atoms with Crippen LogP contribution in [0.4, 0.5) is 10.1 Å². The molecule has 3 N–H and O–H groups in total. The van der Waals surface area contributed by atoms with Crippen LogP contribution in [0.2, 0.25) is 5.02 Å². The van der Waals surface area contributed by atoms with Crippen LogP contribution in [0.15, 0.2) is 18.2 Å². The summed E-state index contributed by atoms with van der Waals surface area (Å²) in [6.45, 7) is 3.40. The second-order valence-corrected chi connectivity index (χ2v) is 4.15. The molecular weight excluding hydrogens is 231 g/mol. The van der Waals surface area contributed by atoms with Crippen molar-refractivity contribution in [1.82, 2.24) is 0 Å². The van der Waals surface area contributed by atoms with Gasteiger partial charge in [-0.25, -0.2) is 4.39 Å². The molecule has 0 aliphatic carbocycles. The molecule has 1 rings (SSSR count). The van der Waals surface area contributed by atoms with Gasteiger partial charge in [-0.15, -0.1) is 0 Å². The highest BCUT2D eigenvalue weighted by molar-refractivity contribution is 6.31. The minimum Gasteiger partial charge on any atom is -0.327 e. The normalized spacial score (nSPS) is 14.3. The lowest BCUT2D eigenvalue weighted by atomic mass is 10.0. The van der Waals surface area contributed by atoms with Crippen molar-refractivity contribution < 1.29 is 9.18 Å². The van der Waals surface area contributed by atoms with E-state index in [9.17, 15) is 9.18 Å². The molecule has 0 aliphatic heterocycles. The molecular formula is C11H14ClFN2O. The van der Waals surface area contributed by atoms with E-state index in [1.807, 2.05) is 0 Å². The van der Waals surface area contributed by atoms with Gasteiger partial charge in [0.1, 0.15) is 0 Å². The minimum absolute atomic E-state index is 0.0220. The lowest BCUT2D eigenvalue weighted by Gasteiger charge is -2.15. The summed E-state index contributed by atoms with van der Waals surface area (Å²) in [6.07, 6.45) is 0. The van der Waals surface area contributed by atoms with Gasteiger partial charge in [0.05, 0.1) is 16.6 Å². The summed E-state index contributed by atoms with van der Waals surface area (Å²) in [5.41, 5.74) is 5.65. The van der Waals surface area contributed by atoms with Crippen LogP contribution in [0.25, 0.3) is 0 Å². The molecule has 0 heterocycles. The predicted molar refractivity (Wildman–Crippen MR) is 62.9 cm³/mol. The fourth-order valence-corrected chi connectivity index (χ4v) is 1.26. The molecule has 0 radical (unpaired) electrons. The predicted octanol–water partition coefficient (Wildman–Crippen LogP) is 2.40. The lowest BCUT2D eigenvalue weighted by Crippen LogP contribution is -2.34. The third-order valence-corrected chi connectivity index (χ3v) is 2.70. The molecule has 0 aromatic heterocycles. The standard InChI is InChI=1S/C11H14ClFN2O/c1-6(7(2)14)11(16)15-9-5-3-4-8(12)10(9)13/h3-7H,14H2,1-2H3,(H,15,16). The van der Waals surface area contributed by atoms with E-state index in [0.29, 0.717) is 0 Å². The highest BCUT2D eigenvalue weighted by atomic mass is 35.5. The Morgan fingerprint density at radius 2 is 2.12 bits per heavy atom. The van der Waals surface area contributed by atoms with Gasteiger partial charge in [-0.1, -0.05) is 24.6 Å². The Bertz CT molecular complexity index is 396. The Hall–Kier alpha value is -1.13. The molecule has 2 atom stereocenters. The molecule has 88 valence electrons. The smallest absolute Gasteiger partial charge is 0.228 e. The first kappa shape index (κ1) is 12.9. The van der Waals surface area contributed by atoms with Gasteiger partial charge < -0.3 is 11.1 Å². The molecule has 0 fully saturated rings. The van der Waals surface area contributed by atoms with E-state index in [-0.39, 0.29) is 22.7 Å². The van der Waals surface area contributed by atoms with Crippen molar-refractivity contribution in [2.75, 3.05) is 5.32 Å². The van der Waals surface area contributed by atoms with E-state index in [1.54, 1.807) is 19.9 Å². The Balaban J connectivity index is 2.81. The number of nitrogens with one attached hydrogen (secondary N) is 1. The van der Waals surface area contributed by atoms with Crippen molar-refractivity contribution in [1.29, 1.82) is 0 Å². The number of carbonyl (C=O) groups excluding carboxylic acids is 1. The third kappa shape index (κ3) is 2.93. The molecule has 3 nitrogen and oxygen atoms in total. The maximum Gasteiger partial charge on any atom is 0.228 e. The Morgan fingerprint density at radius 3 is 2.69 bits per heavy atom. The molecule has 2 unspecified atom stereocenters. The van der Waals surface area contributed by atoms with Crippen LogP contribution in [0, 0.1) is 11.7 Å². The van der Waals surface area contributed by atoms with Crippen molar-refractivity contribution in [3.8, 4) is 0 Å². The van der Waals surface area contributed by atoms with E-state index in [0.717, 1.165) is 0 Å². The fraction of sp³-hybridized carbons (Fsp3) is 0.364. The van der Waals surface area contributed by atoms with Crippen molar-refractivity contribution >= 4 is 23.2 Å². The minimum atomic E-state index is -0.630. The SMILES string of the molecule is CC(N)C(C)C(=O)Nc1cccc(Cl)c1F. The summed E-state index contributed by atoms with van der Waals surface area (Å²) in [5, 5.41) is 2.43. The number of carbonyl (C=O) groups is 1. The van der Waals surface area contributed by atoms with E-state index >= 15 is 0 Å². The molecule has 1 aromatic carbocycles. The second-order valence-electron chi connectivity index (χ2n) is 3.74. The maximum atomic E-state index is 13.4. The van der Waals surface area contributed by atoms with Gasteiger partial charge in [-0.2, -0.15) is 0 Å². The average molecular weight is 245 g/mol. The second kappa shape index (κ2) is 5.27. The molecule has 0 saturated carbocycles. The highest BCUT2D eigenvalue weighted by Gasteiger charge is 2.18. The zero-order valence-electron chi connectivity index (χ0n) is 9.13. The Morgan fingerprint density at radius 1 is 1.50 bits per heavy atom. The van der Waals surface area contributed by atoms with Crippen molar-refractivity contribution in [3.63, 3.8) is 0 Å². The monoisotopic (exact) mass is 244 g/mol. The molecule has 0 spiro atoms. The summed E-state index contributed by atoms with van der Waals surface area (Å²) in [4.78, 5) is 11.6. The number of amides is 1. The number of rotatable bonds is 3. The first-order valence-electron chi connectivity index (χ1n) is 4.94. The number of hydrogen-bond acceptors (Lipinski definition) is 2. The van der Waals surface area contributed by atoms with Gasteiger partial charge in [0.25, 0.3) is 0 Å². The summed E-state index contributed by atoms with van der Waals surface area (Å²) in [6, 6.07) is 4.15. The van der Waals surface area contributed by atoms with Crippen molar-refractivity contribution in [2.45, 2.75) is 19.9 Å². The van der Waals surface area contributed by atoms with Crippen molar-refractivity contribution in [2.24, 2.45) is 11.7 Å². The first-order chi connectivity index (χ1) is 7.43. The fourth-order valence-electron chi connectivity index (χ4n) is 1.09. The zero-order valence-corrected chi connectivity index (χ0v) is 9.88. The Labute approximate surface area is 98.8 Å². The summed E-state index contributed by atoms with van der Waals surface area (Å²) in [7, 11) is 0. The van der Waals surface area contributed by atoms with Crippen molar-refractivity contribution in [3.05, 3.63) is 29.0 Å². The van der Waals surface area contributed by atoms with Crippen LogP contribution in [0.5, 0.6) is 0 Å². The quantitative estimate of drug-likeness (QED) is 0.858. The van der Waals surface area contributed by atoms with Gasteiger partial charge in [0.15, 0.2) is 5.82 Å². The molecule has 0 saturated heterocycles. The molecule has 0 aliphatic rings. The summed E-state index contributed by atoms with van der Waals surface area (Å²) in [5.74, 6) is -1.34. The van der Waals surface area contributed by atoms with Crippen LogP contribution in [0.3, 0.4) is 0 Å². The zero-order chi connectivity index (χ0) is 12.3. The number of benzene rings is 1. The van der Waals surface area contributed by atoms with Crippen LogP contribution >= 0.6 is 11.6 Å². The van der Waals surface area contributed by atoms with E-state index in [2.05, 4.69) is 5.32 Å². The van der Waals surface area contributed by atoms with Crippen LogP contribution in [0.1, 0.15) is 13.8 Å². The summed E-state index contributed by atoms with van der Waals surface area (Å²) >= 11 is 5.59. The van der Waals surface area contributed by atoms with E-state index in [1.165, 1.54) is 12.1 Å². The van der Waals surface area contributed by atoms with E-state index in [4.69, 9.17) is 17.3 Å². The van der Waals surface area contributed by atoms with Gasteiger partial charge in [0, 0.05) is 6.04 Å².